The second-order valence-corrected chi connectivity index (χ2v) is 6.96. The number of hydrogen-bond acceptors (Lipinski definition) is 1. The van der Waals surface area contributed by atoms with Gasteiger partial charge in [0.05, 0.1) is 0 Å². The SMILES string of the molecule is Cc1ccc(F)c(C(C)(C)C2CCC(C)CC2N)c1F. The molecule has 2 rings (SSSR count). The maximum Gasteiger partial charge on any atom is 0.132 e. The van der Waals surface area contributed by atoms with Gasteiger partial charge in [0, 0.05) is 11.6 Å². The van der Waals surface area contributed by atoms with Gasteiger partial charge in [0.1, 0.15) is 11.6 Å². The summed E-state index contributed by atoms with van der Waals surface area (Å²) >= 11 is 0. The molecule has 1 saturated carbocycles. The summed E-state index contributed by atoms with van der Waals surface area (Å²) in [5.74, 6) is -0.154. The van der Waals surface area contributed by atoms with Crippen molar-refractivity contribution in [3.05, 3.63) is 34.9 Å². The normalized spacial score (nSPS) is 27.6. The van der Waals surface area contributed by atoms with E-state index in [1.54, 1.807) is 6.92 Å². The lowest BCUT2D eigenvalue weighted by atomic mass is 9.63. The van der Waals surface area contributed by atoms with Crippen LogP contribution in [-0.2, 0) is 5.41 Å². The predicted molar refractivity (Wildman–Crippen MR) is 78.6 cm³/mol. The zero-order chi connectivity index (χ0) is 15.1. The Morgan fingerprint density at radius 1 is 1.20 bits per heavy atom. The maximum absolute atomic E-state index is 14.4. The highest BCUT2D eigenvalue weighted by Gasteiger charge is 2.41. The standard InChI is InChI=1S/C17H25F2N/c1-10-5-7-12(14(20)9-10)17(3,4)15-13(18)8-6-11(2)16(15)19/h6,8,10,12,14H,5,7,9,20H2,1-4H3. The summed E-state index contributed by atoms with van der Waals surface area (Å²) in [6, 6.07) is 2.87. The molecule has 1 aromatic rings. The van der Waals surface area contributed by atoms with Gasteiger partial charge < -0.3 is 5.73 Å². The number of nitrogens with two attached hydrogens (primary N) is 1. The van der Waals surface area contributed by atoms with Crippen LogP contribution in [0.3, 0.4) is 0 Å². The Kier molecular flexibility index (Phi) is 4.19. The zero-order valence-corrected chi connectivity index (χ0v) is 12.8. The molecule has 0 radical (unpaired) electrons. The van der Waals surface area contributed by atoms with Crippen LogP contribution in [0.15, 0.2) is 12.1 Å². The molecule has 0 amide bonds. The Hall–Kier alpha value is -0.960. The lowest BCUT2D eigenvalue weighted by Crippen LogP contribution is -2.46. The minimum Gasteiger partial charge on any atom is -0.327 e. The highest BCUT2D eigenvalue weighted by Crippen LogP contribution is 2.43. The number of aryl methyl sites for hydroxylation is 1. The minimum atomic E-state index is -0.584. The average molecular weight is 281 g/mol. The van der Waals surface area contributed by atoms with Crippen LogP contribution < -0.4 is 5.73 Å². The van der Waals surface area contributed by atoms with Crippen molar-refractivity contribution in [2.45, 2.75) is 58.4 Å². The summed E-state index contributed by atoms with van der Waals surface area (Å²) in [4.78, 5) is 0. The van der Waals surface area contributed by atoms with E-state index in [9.17, 15) is 8.78 Å². The molecular weight excluding hydrogens is 256 g/mol. The number of hydrogen-bond donors (Lipinski definition) is 1. The molecule has 20 heavy (non-hydrogen) atoms. The van der Waals surface area contributed by atoms with Gasteiger partial charge >= 0.3 is 0 Å². The molecule has 0 aliphatic heterocycles. The summed E-state index contributed by atoms with van der Waals surface area (Å²) in [5.41, 5.74) is 6.40. The molecule has 0 aromatic heterocycles. The molecule has 1 aromatic carbocycles. The summed E-state index contributed by atoms with van der Waals surface area (Å²) in [6.07, 6.45) is 2.95. The summed E-state index contributed by atoms with van der Waals surface area (Å²) in [5, 5.41) is 0. The van der Waals surface area contributed by atoms with Gasteiger partial charge in [-0.3, -0.25) is 0 Å². The quantitative estimate of drug-likeness (QED) is 0.858. The van der Waals surface area contributed by atoms with E-state index in [2.05, 4.69) is 6.92 Å². The van der Waals surface area contributed by atoms with Crippen molar-refractivity contribution in [2.24, 2.45) is 17.6 Å². The van der Waals surface area contributed by atoms with E-state index in [0.29, 0.717) is 11.5 Å². The monoisotopic (exact) mass is 281 g/mol. The molecular formula is C17H25F2N. The molecule has 2 N–H and O–H groups in total. The zero-order valence-electron chi connectivity index (χ0n) is 12.8. The summed E-state index contributed by atoms with van der Waals surface area (Å²) < 4.78 is 28.6. The number of rotatable bonds is 2. The van der Waals surface area contributed by atoms with E-state index in [-0.39, 0.29) is 17.5 Å². The third kappa shape index (κ3) is 2.60. The van der Waals surface area contributed by atoms with E-state index < -0.39 is 17.0 Å². The van der Waals surface area contributed by atoms with E-state index >= 15 is 0 Å². The molecule has 1 aliphatic rings. The molecule has 0 bridgehead atoms. The van der Waals surface area contributed by atoms with Crippen molar-refractivity contribution >= 4 is 0 Å². The van der Waals surface area contributed by atoms with Gasteiger partial charge in [-0.2, -0.15) is 0 Å². The summed E-state index contributed by atoms with van der Waals surface area (Å²) in [6.45, 7) is 7.72. The Labute approximate surface area is 120 Å². The van der Waals surface area contributed by atoms with E-state index in [0.717, 1.165) is 19.3 Å². The van der Waals surface area contributed by atoms with Crippen LogP contribution in [0.25, 0.3) is 0 Å². The van der Waals surface area contributed by atoms with Crippen molar-refractivity contribution in [3.8, 4) is 0 Å². The topological polar surface area (TPSA) is 26.0 Å². The molecule has 0 saturated heterocycles. The van der Waals surface area contributed by atoms with E-state index in [1.165, 1.54) is 12.1 Å². The highest BCUT2D eigenvalue weighted by atomic mass is 19.1. The van der Waals surface area contributed by atoms with Gasteiger partial charge in [-0.05, 0) is 48.6 Å². The molecule has 1 nitrogen and oxygen atoms in total. The Morgan fingerprint density at radius 3 is 2.45 bits per heavy atom. The van der Waals surface area contributed by atoms with Gasteiger partial charge in [0.25, 0.3) is 0 Å². The third-order valence-corrected chi connectivity index (χ3v) is 5.02. The maximum atomic E-state index is 14.4. The first-order valence-corrected chi connectivity index (χ1v) is 7.45. The highest BCUT2D eigenvalue weighted by molar-refractivity contribution is 5.33. The lowest BCUT2D eigenvalue weighted by molar-refractivity contribution is 0.164. The van der Waals surface area contributed by atoms with Gasteiger partial charge in [-0.25, -0.2) is 8.78 Å². The molecule has 1 aliphatic carbocycles. The molecule has 1 fully saturated rings. The predicted octanol–water partition coefficient (Wildman–Crippen LogP) is 4.31. The van der Waals surface area contributed by atoms with E-state index in [1.807, 2.05) is 13.8 Å². The average Bonchev–Trinajstić information content (AvgIpc) is 2.33. The van der Waals surface area contributed by atoms with Crippen LogP contribution in [0.5, 0.6) is 0 Å². The second-order valence-electron chi connectivity index (χ2n) is 6.96. The van der Waals surface area contributed by atoms with Crippen LogP contribution in [-0.4, -0.2) is 6.04 Å². The van der Waals surface area contributed by atoms with Gasteiger partial charge in [-0.15, -0.1) is 0 Å². The molecule has 3 unspecified atom stereocenters. The van der Waals surface area contributed by atoms with Crippen LogP contribution in [0.2, 0.25) is 0 Å². The van der Waals surface area contributed by atoms with Crippen molar-refractivity contribution in [1.29, 1.82) is 0 Å². The van der Waals surface area contributed by atoms with Gasteiger partial charge in [0.15, 0.2) is 0 Å². The van der Waals surface area contributed by atoms with Crippen LogP contribution in [0.4, 0.5) is 8.78 Å². The van der Waals surface area contributed by atoms with Crippen molar-refractivity contribution < 1.29 is 8.78 Å². The number of halogens is 2. The first kappa shape index (κ1) is 15.4. The first-order valence-electron chi connectivity index (χ1n) is 7.45. The van der Waals surface area contributed by atoms with Crippen LogP contribution in [0, 0.1) is 30.4 Å². The molecule has 0 spiro atoms. The largest absolute Gasteiger partial charge is 0.327 e. The van der Waals surface area contributed by atoms with Gasteiger partial charge in [0.2, 0.25) is 0 Å². The summed E-state index contributed by atoms with van der Waals surface area (Å²) in [7, 11) is 0. The second kappa shape index (κ2) is 5.44. The Morgan fingerprint density at radius 2 is 1.85 bits per heavy atom. The fourth-order valence-electron chi connectivity index (χ4n) is 3.75. The smallest absolute Gasteiger partial charge is 0.132 e. The minimum absolute atomic E-state index is 0.00747. The molecule has 0 heterocycles. The van der Waals surface area contributed by atoms with E-state index in [4.69, 9.17) is 5.73 Å². The van der Waals surface area contributed by atoms with Crippen LogP contribution >= 0.6 is 0 Å². The lowest BCUT2D eigenvalue weighted by Gasteiger charge is -2.43. The first-order chi connectivity index (χ1) is 9.25. The molecule has 112 valence electrons. The third-order valence-electron chi connectivity index (χ3n) is 5.02. The van der Waals surface area contributed by atoms with Crippen molar-refractivity contribution in [2.75, 3.05) is 0 Å². The molecule has 3 atom stereocenters. The fraction of sp³-hybridized carbons (Fsp3) is 0.647. The van der Waals surface area contributed by atoms with Crippen molar-refractivity contribution in [3.63, 3.8) is 0 Å². The number of benzene rings is 1. The fourth-order valence-corrected chi connectivity index (χ4v) is 3.75. The Bertz CT molecular complexity index is 496. The van der Waals surface area contributed by atoms with Gasteiger partial charge in [-0.1, -0.05) is 33.3 Å². The Balaban J connectivity index is 2.42. The molecule has 3 heteroatoms. The van der Waals surface area contributed by atoms with Crippen LogP contribution in [0.1, 0.15) is 51.2 Å². The van der Waals surface area contributed by atoms with Crippen molar-refractivity contribution in [1.82, 2.24) is 0 Å².